The Kier molecular flexibility index (Phi) is 4.58. The van der Waals surface area contributed by atoms with Gasteiger partial charge in [0.05, 0.1) is 0 Å². The number of nitrogens with zero attached hydrogens (tertiary/aromatic N) is 1. The Hall–Kier alpha value is -2.13. The lowest BCUT2D eigenvalue weighted by Crippen LogP contribution is -2.47. The number of benzene rings is 2. The molecule has 0 saturated carbocycles. The highest BCUT2D eigenvalue weighted by Gasteiger charge is 2.27. The molecule has 3 heteroatoms. The summed E-state index contributed by atoms with van der Waals surface area (Å²) in [6, 6.07) is 17.6. The molecule has 2 aliphatic rings. The normalized spacial score (nSPS) is 22.8. The number of carbonyl (C=O) groups excluding carboxylic acids is 1. The number of carbonyl (C=O) groups is 1. The Bertz CT molecular complexity index is 770. The molecule has 0 bridgehead atoms. The van der Waals surface area contributed by atoms with Crippen molar-refractivity contribution in [3.8, 4) is 0 Å². The summed E-state index contributed by atoms with van der Waals surface area (Å²) in [7, 11) is 2.16. The van der Waals surface area contributed by atoms with Crippen LogP contribution < -0.4 is 5.32 Å². The molecule has 2 aromatic carbocycles. The van der Waals surface area contributed by atoms with E-state index >= 15 is 0 Å². The molecule has 1 amide bonds. The third kappa shape index (κ3) is 3.47. The quantitative estimate of drug-likeness (QED) is 0.936. The molecular formula is C22H26N2O. The maximum Gasteiger partial charge on any atom is 0.223 e. The van der Waals surface area contributed by atoms with Gasteiger partial charge in [0, 0.05) is 25.0 Å². The second kappa shape index (κ2) is 7.01. The molecule has 0 fully saturated rings. The van der Waals surface area contributed by atoms with Crippen LogP contribution in [-0.4, -0.2) is 30.4 Å². The number of rotatable bonds is 3. The molecule has 0 unspecified atom stereocenters. The molecule has 130 valence electrons. The van der Waals surface area contributed by atoms with Gasteiger partial charge in [0.2, 0.25) is 5.91 Å². The summed E-state index contributed by atoms with van der Waals surface area (Å²) in [4.78, 5) is 15.0. The highest BCUT2D eigenvalue weighted by molar-refractivity contribution is 5.79. The molecule has 1 aliphatic heterocycles. The fourth-order valence-corrected chi connectivity index (χ4v) is 4.23. The van der Waals surface area contributed by atoms with Crippen molar-refractivity contribution < 1.29 is 4.79 Å². The molecule has 1 N–H and O–H groups in total. The van der Waals surface area contributed by atoms with Crippen molar-refractivity contribution >= 4 is 5.91 Å². The molecule has 2 atom stereocenters. The first-order chi connectivity index (χ1) is 12.2. The molecule has 1 aliphatic carbocycles. The van der Waals surface area contributed by atoms with Crippen molar-refractivity contribution in [2.75, 3.05) is 13.6 Å². The summed E-state index contributed by atoms with van der Waals surface area (Å²) < 4.78 is 0. The predicted octanol–water partition coefficient (Wildman–Crippen LogP) is 2.96. The first-order valence-electron chi connectivity index (χ1n) is 9.32. The van der Waals surface area contributed by atoms with Crippen LogP contribution in [0.5, 0.6) is 0 Å². The summed E-state index contributed by atoms with van der Waals surface area (Å²) >= 11 is 0. The number of likely N-dealkylation sites (N-methyl/N-ethyl adjacent to an activating group) is 1. The summed E-state index contributed by atoms with van der Waals surface area (Å²) in [5.41, 5.74) is 5.59. The van der Waals surface area contributed by atoms with Crippen molar-refractivity contribution in [3.63, 3.8) is 0 Å². The van der Waals surface area contributed by atoms with Gasteiger partial charge in [0.15, 0.2) is 0 Å². The third-order valence-electron chi connectivity index (χ3n) is 5.85. The highest BCUT2D eigenvalue weighted by atomic mass is 16.1. The number of fused-ring (bicyclic) bond motifs is 2. The SMILES string of the molecule is CN1Cc2ccccc2C[C@@H]1CNC(=O)[C@@H]1CCc2ccccc2C1. The largest absolute Gasteiger partial charge is 0.354 e. The summed E-state index contributed by atoms with van der Waals surface area (Å²) in [6.45, 7) is 1.70. The zero-order valence-corrected chi connectivity index (χ0v) is 14.9. The number of nitrogens with one attached hydrogen (secondary N) is 1. The van der Waals surface area contributed by atoms with Crippen molar-refractivity contribution in [1.29, 1.82) is 0 Å². The van der Waals surface area contributed by atoms with Gasteiger partial charge in [-0.3, -0.25) is 9.69 Å². The number of amides is 1. The van der Waals surface area contributed by atoms with Gasteiger partial charge in [0.25, 0.3) is 0 Å². The van der Waals surface area contributed by atoms with E-state index in [1.807, 2.05) is 0 Å². The van der Waals surface area contributed by atoms with E-state index in [4.69, 9.17) is 0 Å². The lowest BCUT2D eigenvalue weighted by molar-refractivity contribution is -0.125. The van der Waals surface area contributed by atoms with Gasteiger partial charge in [-0.1, -0.05) is 48.5 Å². The molecule has 2 aromatic rings. The maximum absolute atomic E-state index is 12.7. The van der Waals surface area contributed by atoms with E-state index in [0.717, 1.165) is 38.8 Å². The lowest BCUT2D eigenvalue weighted by Gasteiger charge is -2.34. The zero-order chi connectivity index (χ0) is 17.2. The first-order valence-corrected chi connectivity index (χ1v) is 9.32. The summed E-state index contributed by atoms with van der Waals surface area (Å²) in [6.07, 6.45) is 3.88. The molecule has 0 spiro atoms. The molecular weight excluding hydrogens is 308 g/mol. The van der Waals surface area contributed by atoms with Crippen LogP contribution in [0, 0.1) is 5.92 Å². The predicted molar refractivity (Wildman–Crippen MR) is 100 cm³/mol. The van der Waals surface area contributed by atoms with Gasteiger partial charge in [-0.05, 0) is 55.0 Å². The molecule has 0 radical (unpaired) electrons. The summed E-state index contributed by atoms with van der Waals surface area (Å²) in [5, 5.41) is 3.23. The Morgan fingerprint density at radius 3 is 2.40 bits per heavy atom. The van der Waals surface area contributed by atoms with Gasteiger partial charge in [-0.2, -0.15) is 0 Å². The minimum absolute atomic E-state index is 0.121. The number of hydrogen-bond donors (Lipinski definition) is 1. The van der Waals surface area contributed by atoms with Gasteiger partial charge in [-0.25, -0.2) is 0 Å². The monoisotopic (exact) mass is 334 g/mol. The van der Waals surface area contributed by atoms with Gasteiger partial charge in [0.1, 0.15) is 0 Å². The van der Waals surface area contributed by atoms with Crippen molar-refractivity contribution in [2.45, 2.75) is 38.3 Å². The van der Waals surface area contributed by atoms with E-state index in [9.17, 15) is 4.79 Å². The Morgan fingerprint density at radius 1 is 1.00 bits per heavy atom. The second-order valence-electron chi connectivity index (χ2n) is 7.50. The van der Waals surface area contributed by atoms with Crippen LogP contribution in [0.15, 0.2) is 48.5 Å². The highest BCUT2D eigenvalue weighted by Crippen LogP contribution is 2.26. The third-order valence-corrected chi connectivity index (χ3v) is 5.85. The standard InChI is InChI=1S/C22H26N2O/c1-24-15-20-9-5-4-8-18(20)13-21(24)14-23-22(25)19-11-10-16-6-2-3-7-17(16)12-19/h2-9,19,21H,10-15H2,1H3,(H,23,25)/t19-,21-/m1/s1. The smallest absolute Gasteiger partial charge is 0.223 e. The van der Waals surface area contributed by atoms with E-state index in [0.29, 0.717) is 6.04 Å². The topological polar surface area (TPSA) is 32.3 Å². The number of hydrogen-bond acceptors (Lipinski definition) is 2. The fourth-order valence-electron chi connectivity index (χ4n) is 4.23. The Morgan fingerprint density at radius 2 is 1.64 bits per heavy atom. The van der Waals surface area contributed by atoms with Crippen LogP contribution in [0.25, 0.3) is 0 Å². The molecule has 4 rings (SSSR count). The average molecular weight is 334 g/mol. The van der Waals surface area contributed by atoms with Gasteiger partial charge in [-0.15, -0.1) is 0 Å². The van der Waals surface area contributed by atoms with Crippen LogP contribution in [0.1, 0.15) is 28.7 Å². The molecule has 0 saturated heterocycles. The number of aryl methyl sites for hydroxylation is 1. The van der Waals surface area contributed by atoms with Crippen LogP contribution in [0.3, 0.4) is 0 Å². The fraction of sp³-hybridized carbons (Fsp3) is 0.409. The van der Waals surface area contributed by atoms with Crippen molar-refractivity contribution in [1.82, 2.24) is 10.2 Å². The van der Waals surface area contributed by atoms with Crippen LogP contribution in [0.2, 0.25) is 0 Å². The van der Waals surface area contributed by atoms with Gasteiger partial charge >= 0.3 is 0 Å². The Balaban J connectivity index is 1.35. The van der Waals surface area contributed by atoms with Gasteiger partial charge < -0.3 is 5.32 Å². The lowest BCUT2D eigenvalue weighted by atomic mass is 9.83. The van der Waals surface area contributed by atoms with Crippen LogP contribution in [0.4, 0.5) is 0 Å². The summed E-state index contributed by atoms with van der Waals surface area (Å²) in [5.74, 6) is 0.345. The van der Waals surface area contributed by atoms with E-state index in [-0.39, 0.29) is 11.8 Å². The molecule has 3 nitrogen and oxygen atoms in total. The van der Waals surface area contributed by atoms with Crippen LogP contribution in [-0.2, 0) is 30.6 Å². The molecule has 0 aromatic heterocycles. The van der Waals surface area contributed by atoms with Crippen molar-refractivity contribution in [3.05, 3.63) is 70.8 Å². The maximum atomic E-state index is 12.7. The van der Waals surface area contributed by atoms with E-state index < -0.39 is 0 Å². The van der Waals surface area contributed by atoms with E-state index in [1.54, 1.807) is 0 Å². The van der Waals surface area contributed by atoms with Crippen LogP contribution >= 0.6 is 0 Å². The Labute approximate surface area is 150 Å². The minimum Gasteiger partial charge on any atom is -0.354 e. The first kappa shape index (κ1) is 16.3. The molecule has 25 heavy (non-hydrogen) atoms. The zero-order valence-electron chi connectivity index (χ0n) is 14.9. The minimum atomic E-state index is 0.121. The van der Waals surface area contributed by atoms with E-state index in [2.05, 4.69) is 65.8 Å². The molecule has 1 heterocycles. The van der Waals surface area contributed by atoms with Crippen molar-refractivity contribution in [2.24, 2.45) is 5.92 Å². The average Bonchev–Trinajstić information content (AvgIpc) is 2.65. The van der Waals surface area contributed by atoms with E-state index in [1.165, 1.54) is 22.3 Å². The second-order valence-corrected chi connectivity index (χ2v) is 7.50.